The van der Waals surface area contributed by atoms with Gasteiger partial charge in [-0.1, -0.05) is 39.7 Å². The maximum Gasteiger partial charge on any atom is 0.0746 e. The topological polar surface area (TPSA) is 12.9 Å². The van der Waals surface area contributed by atoms with Gasteiger partial charge in [0.05, 0.1) is 5.52 Å². The predicted molar refractivity (Wildman–Crippen MR) is 86.5 cm³/mol. The molecule has 0 N–H and O–H groups in total. The molecule has 102 valence electrons. The highest BCUT2D eigenvalue weighted by molar-refractivity contribution is 5.88. The Hall–Kier alpha value is -1.81. The molecule has 0 bridgehead atoms. The summed E-state index contributed by atoms with van der Waals surface area (Å²) in [7, 11) is 0. The van der Waals surface area contributed by atoms with Crippen LogP contribution in [0.3, 0.4) is 0 Å². The molecule has 0 aliphatic rings. The van der Waals surface area contributed by atoms with Gasteiger partial charge in [-0.2, -0.15) is 0 Å². The number of fused-ring (bicyclic) bond motifs is 1. The summed E-state index contributed by atoms with van der Waals surface area (Å²) in [4.78, 5) is 4.42. The van der Waals surface area contributed by atoms with E-state index in [0.29, 0.717) is 0 Å². The smallest absolute Gasteiger partial charge is 0.0746 e. The SMILES string of the molecule is CC.CC.CC#Cc1cc(C)c(C)c2ncccc12. The van der Waals surface area contributed by atoms with Crippen LogP contribution < -0.4 is 0 Å². The van der Waals surface area contributed by atoms with Gasteiger partial charge in [-0.15, -0.1) is 5.92 Å². The first-order valence-corrected chi connectivity index (χ1v) is 7.01. The molecule has 2 aromatic rings. The Balaban J connectivity index is 0.000000741. The molecule has 0 unspecified atom stereocenters. The molecular formula is C18H25N. The zero-order valence-corrected chi connectivity index (χ0v) is 13.3. The van der Waals surface area contributed by atoms with Crippen LogP contribution in [-0.2, 0) is 0 Å². The normalized spacial score (nSPS) is 8.37. The van der Waals surface area contributed by atoms with Crippen LogP contribution in [0.15, 0.2) is 24.4 Å². The van der Waals surface area contributed by atoms with E-state index in [9.17, 15) is 0 Å². The second-order valence-corrected chi connectivity index (χ2v) is 3.64. The number of hydrogen-bond acceptors (Lipinski definition) is 1. The van der Waals surface area contributed by atoms with E-state index in [0.717, 1.165) is 16.5 Å². The standard InChI is InChI=1S/C14H13N.2C2H6/c1-4-6-12-9-10(2)11(3)14-13(12)7-5-8-15-14;2*1-2/h5,7-9H,1-3H3;2*1-2H3. The van der Waals surface area contributed by atoms with Crippen molar-refractivity contribution < 1.29 is 0 Å². The van der Waals surface area contributed by atoms with E-state index < -0.39 is 0 Å². The zero-order valence-electron chi connectivity index (χ0n) is 13.3. The van der Waals surface area contributed by atoms with Crippen LogP contribution in [0.2, 0.25) is 0 Å². The van der Waals surface area contributed by atoms with Gasteiger partial charge in [0.25, 0.3) is 0 Å². The Morgan fingerprint density at radius 2 is 1.68 bits per heavy atom. The number of aryl methyl sites for hydroxylation is 2. The molecule has 0 saturated heterocycles. The Bertz CT molecular complexity index is 571. The fourth-order valence-corrected chi connectivity index (χ4v) is 1.75. The van der Waals surface area contributed by atoms with Crippen molar-refractivity contribution in [2.45, 2.75) is 48.5 Å². The summed E-state index contributed by atoms with van der Waals surface area (Å²) in [6.07, 6.45) is 1.83. The first-order valence-electron chi connectivity index (χ1n) is 7.01. The highest BCUT2D eigenvalue weighted by atomic mass is 14.6. The van der Waals surface area contributed by atoms with Crippen molar-refractivity contribution in [2.75, 3.05) is 0 Å². The second kappa shape index (κ2) is 9.16. The summed E-state index contributed by atoms with van der Waals surface area (Å²) < 4.78 is 0. The van der Waals surface area contributed by atoms with Crippen molar-refractivity contribution in [2.24, 2.45) is 0 Å². The third kappa shape index (κ3) is 4.10. The van der Waals surface area contributed by atoms with Crippen molar-refractivity contribution in [3.05, 3.63) is 41.1 Å². The van der Waals surface area contributed by atoms with Gasteiger partial charge in [0.2, 0.25) is 0 Å². The first-order chi connectivity index (χ1) is 9.24. The van der Waals surface area contributed by atoms with Gasteiger partial charge in [0.1, 0.15) is 0 Å². The summed E-state index contributed by atoms with van der Waals surface area (Å²) in [6, 6.07) is 6.17. The number of nitrogens with zero attached hydrogens (tertiary/aromatic N) is 1. The Morgan fingerprint density at radius 1 is 1.05 bits per heavy atom. The highest BCUT2D eigenvalue weighted by Gasteiger charge is 2.05. The quantitative estimate of drug-likeness (QED) is 0.584. The van der Waals surface area contributed by atoms with Crippen molar-refractivity contribution in [3.8, 4) is 11.8 Å². The highest BCUT2D eigenvalue weighted by Crippen LogP contribution is 2.22. The largest absolute Gasteiger partial charge is 0.256 e. The minimum atomic E-state index is 1.07. The van der Waals surface area contributed by atoms with E-state index >= 15 is 0 Å². The average molecular weight is 255 g/mol. The third-order valence-corrected chi connectivity index (χ3v) is 2.67. The number of rotatable bonds is 0. The molecule has 0 atom stereocenters. The maximum atomic E-state index is 4.42. The van der Waals surface area contributed by atoms with Gasteiger partial charge in [-0.25, -0.2) is 0 Å². The fraction of sp³-hybridized carbons (Fsp3) is 0.389. The lowest BCUT2D eigenvalue weighted by Crippen LogP contribution is -1.90. The molecule has 0 aliphatic carbocycles. The van der Waals surface area contributed by atoms with Gasteiger partial charge in [-0.05, 0) is 44.0 Å². The monoisotopic (exact) mass is 255 g/mol. The van der Waals surface area contributed by atoms with E-state index in [1.54, 1.807) is 0 Å². The number of pyridine rings is 1. The molecule has 0 aliphatic heterocycles. The zero-order chi connectivity index (χ0) is 14.8. The van der Waals surface area contributed by atoms with Crippen LogP contribution >= 0.6 is 0 Å². The lowest BCUT2D eigenvalue weighted by Gasteiger charge is -2.06. The van der Waals surface area contributed by atoms with Gasteiger partial charge in [-0.3, -0.25) is 4.98 Å². The van der Waals surface area contributed by atoms with E-state index in [-0.39, 0.29) is 0 Å². The number of aromatic nitrogens is 1. The molecule has 19 heavy (non-hydrogen) atoms. The van der Waals surface area contributed by atoms with Gasteiger partial charge in [0, 0.05) is 17.1 Å². The summed E-state index contributed by atoms with van der Waals surface area (Å²) in [6.45, 7) is 14.1. The average Bonchev–Trinajstić information content (AvgIpc) is 2.49. The van der Waals surface area contributed by atoms with E-state index in [2.05, 4.69) is 42.8 Å². The molecule has 1 aromatic carbocycles. The van der Waals surface area contributed by atoms with Crippen molar-refractivity contribution in [1.29, 1.82) is 0 Å². The van der Waals surface area contributed by atoms with Crippen LogP contribution in [0, 0.1) is 25.7 Å². The molecule has 0 saturated carbocycles. The molecule has 1 nitrogen and oxygen atoms in total. The molecule has 0 spiro atoms. The third-order valence-electron chi connectivity index (χ3n) is 2.67. The molecule has 1 heterocycles. The molecule has 1 heteroatoms. The minimum Gasteiger partial charge on any atom is -0.256 e. The minimum absolute atomic E-state index is 1.07. The molecule has 0 radical (unpaired) electrons. The molecular weight excluding hydrogens is 230 g/mol. The Labute approximate surface area is 118 Å². The molecule has 0 amide bonds. The summed E-state index contributed by atoms with van der Waals surface area (Å²) in [5.41, 5.74) is 4.63. The summed E-state index contributed by atoms with van der Waals surface area (Å²) in [5.74, 6) is 6.07. The van der Waals surface area contributed by atoms with Crippen LogP contribution in [0.1, 0.15) is 51.3 Å². The summed E-state index contributed by atoms with van der Waals surface area (Å²) >= 11 is 0. The van der Waals surface area contributed by atoms with Gasteiger partial charge in [0.15, 0.2) is 0 Å². The van der Waals surface area contributed by atoms with Crippen molar-refractivity contribution in [3.63, 3.8) is 0 Å². The molecule has 0 fully saturated rings. The Morgan fingerprint density at radius 3 is 2.26 bits per heavy atom. The van der Waals surface area contributed by atoms with Crippen LogP contribution in [-0.4, -0.2) is 4.98 Å². The van der Waals surface area contributed by atoms with E-state index in [1.807, 2.05) is 46.9 Å². The van der Waals surface area contributed by atoms with Crippen molar-refractivity contribution in [1.82, 2.24) is 4.98 Å². The van der Waals surface area contributed by atoms with E-state index in [1.165, 1.54) is 11.1 Å². The molecule has 2 rings (SSSR count). The van der Waals surface area contributed by atoms with Crippen LogP contribution in [0.5, 0.6) is 0 Å². The Kier molecular flexibility index (Phi) is 8.29. The molecule has 1 aromatic heterocycles. The van der Waals surface area contributed by atoms with E-state index in [4.69, 9.17) is 0 Å². The number of benzene rings is 1. The second-order valence-electron chi connectivity index (χ2n) is 3.64. The lowest BCUT2D eigenvalue weighted by molar-refractivity contribution is 1.31. The van der Waals surface area contributed by atoms with Gasteiger partial charge >= 0.3 is 0 Å². The maximum absolute atomic E-state index is 4.42. The predicted octanol–water partition coefficient (Wildman–Crippen LogP) is 5.28. The van der Waals surface area contributed by atoms with Crippen LogP contribution in [0.25, 0.3) is 10.9 Å². The van der Waals surface area contributed by atoms with Crippen molar-refractivity contribution >= 4 is 10.9 Å². The lowest BCUT2D eigenvalue weighted by atomic mass is 10.00. The summed E-state index contributed by atoms with van der Waals surface area (Å²) in [5, 5.41) is 1.15. The fourth-order valence-electron chi connectivity index (χ4n) is 1.75. The first kappa shape index (κ1) is 17.2. The number of hydrogen-bond donors (Lipinski definition) is 0. The van der Waals surface area contributed by atoms with Crippen LogP contribution in [0.4, 0.5) is 0 Å². The van der Waals surface area contributed by atoms with Gasteiger partial charge < -0.3 is 0 Å².